The summed E-state index contributed by atoms with van der Waals surface area (Å²) in [7, 11) is 0. The maximum Gasteiger partial charge on any atom is 0.164 e. The van der Waals surface area contributed by atoms with Crippen molar-refractivity contribution < 1.29 is 24.6 Å². The first kappa shape index (κ1) is 19.4. The molecule has 0 bridgehead atoms. The number of carbonyl (C=O) groups is 3. The van der Waals surface area contributed by atoms with Crippen LogP contribution in [0.15, 0.2) is 22.7 Å². The number of Topliss-reactive ketones (excluding diaryl/α,β-unsaturated/α-hetero) is 3. The molecule has 0 unspecified atom stereocenters. The SMILES string of the molecule is CC(=O)C(C)(C1=C(O)CC(C)(C)CC1=O)C1=C(O)CC(C)(C)CC1=O. The Balaban J connectivity index is 2.71. The second-order valence-corrected chi connectivity index (χ2v) is 9.21. The molecule has 2 N–H and O–H groups in total. The normalized spacial score (nSPS) is 23.9. The highest BCUT2D eigenvalue weighted by molar-refractivity contribution is 6.13. The van der Waals surface area contributed by atoms with Gasteiger partial charge in [0.05, 0.1) is 16.6 Å². The van der Waals surface area contributed by atoms with Gasteiger partial charge in [0.25, 0.3) is 0 Å². The summed E-state index contributed by atoms with van der Waals surface area (Å²) in [6.45, 7) is 10.2. The van der Waals surface area contributed by atoms with Crippen molar-refractivity contribution in [1.29, 1.82) is 0 Å². The van der Waals surface area contributed by atoms with Crippen LogP contribution in [0.2, 0.25) is 0 Å². The van der Waals surface area contributed by atoms with Crippen LogP contribution in [-0.4, -0.2) is 27.6 Å². The lowest BCUT2D eigenvalue weighted by molar-refractivity contribution is -0.129. The van der Waals surface area contributed by atoms with E-state index in [2.05, 4.69) is 0 Å². The van der Waals surface area contributed by atoms with Gasteiger partial charge in [0.2, 0.25) is 0 Å². The summed E-state index contributed by atoms with van der Waals surface area (Å²) in [5.74, 6) is -1.43. The zero-order valence-electron chi connectivity index (χ0n) is 15.9. The number of aliphatic hydroxyl groups excluding tert-OH is 2. The Morgan fingerprint density at radius 1 is 0.840 bits per heavy atom. The molecule has 0 fully saturated rings. The van der Waals surface area contributed by atoms with Gasteiger partial charge in [0.15, 0.2) is 11.6 Å². The monoisotopic (exact) mass is 348 g/mol. The van der Waals surface area contributed by atoms with E-state index in [1.54, 1.807) is 0 Å². The highest BCUT2D eigenvalue weighted by Gasteiger charge is 2.52. The van der Waals surface area contributed by atoms with Crippen LogP contribution >= 0.6 is 0 Å². The van der Waals surface area contributed by atoms with Crippen LogP contribution in [0, 0.1) is 16.2 Å². The minimum absolute atomic E-state index is 0.0334. The Morgan fingerprint density at radius 2 is 1.16 bits per heavy atom. The fourth-order valence-corrected chi connectivity index (χ4v) is 4.19. The number of rotatable bonds is 3. The van der Waals surface area contributed by atoms with Crippen molar-refractivity contribution in [1.82, 2.24) is 0 Å². The van der Waals surface area contributed by atoms with E-state index >= 15 is 0 Å². The Hall–Kier alpha value is -1.91. The van der Waals surface area contributed by atoms with E-state index in [4.69, 9.17) is 0 Å². The molecule has 0 saturated carbocycles. The second kappa shape index (κ2) is 5.82. The third-order valence-corrected chi connectivity index (χ3v) is 5.41. The molecule has 0 amide bonds. The molecule has 0 atom stereocenters. The third kappa shape index (κ3) is 3.29. The molecule has 2 rings (SSSR count). The van der Waals surface area contributed by atoms with Crippen LogP contribution in [0.4, 0.5) is 0 Å². The van der Waals surface area contributed by atoms with Gasteiger partial charge in [-0.1, -0.05) is 27.7 Å². The topological polar surface area (TPSA) is 91.7 Å². The van der Waals surface area contributed by atoms with E-state index in [-0.39, 0.29) is 59.9 Å². The first-order chi connectivity index (χ1) is 11.2. The molecule has 0 aliphatic heterocycles. The summed E-state index contributed by atoms with van der Waals surface area (Å²) in [5.41, 5.74) is -2.49. The number of ketones is 3. The lowest BCUT2D eigenvalue weighted by Crippen LogP contribution is -2.43. The van der Waals surface area contributed by atoms with Crippen molar-refractivity contribution in [2.24, 2.45) is 16.2 Å². The Kier molecular flexibility index (Phi) is 4.52. The fourth-order valence-electron chi connectivity index (χ4n) is 4.19. The summed E-state index contributed by atoms with van der Waals surface area (Å²) in [4.78, 5) is 38.1. The number of hydrogen-bond acceptors (Lipinski definition) is 5. The van der Waals surface area contributed by atoms with E-state index in [0.717, 1.165) is 0 Å². The summed E-state index contributed by atoms with van der Waals surface area (Å²) >= 11 is 0. The molecular weight excluding hydrogens is 320 g/mol. The van der Waals surface area contributed by atoms with Crippen molar-refractivity contribution in [3.63, 3.8) is 0 Å². The molecule has 5 heteroatoms. The first-order valence-corrected chi connectivity index (χ1v) is 8.64. The zero-order chi connectivity index (χ0) is 19.4. The second-order valence-electron chi connectivity index (χ2n) is 9.21. The van der Waals surface area contributed by atoms with Crippen molar-refractivity contribution in [3.05, 3.63) is 22.7 Å². The Morgan fingerprint density at radius 3 is 1.40 bits per heavy atom. The van der Waals surface area contributed by atoms with Gasteiger partial charge in [-0.05, 0) is 24.7 Å². The molecule has 0 heterocycles. The summed E-state index contributed by atoms with van der Waals surface area (Å²) in [5, 5.41) is 21.1. The highest BCUT2D eigenvalue weighted by Crippen LogP contribution is 2.50. The van der Waals surface area contributed by atoms with Gasteiger partial charge < -0.3 is 10.2 Å². The molecule has 0 aromatic heterocycles. The van der Waals surface area contributed by atoms with Gasteiger partial charge in [-0.3, -0.25) is 14.4 Å². The Labute approximate surface area is 148 Å². The zero-order valence-corrected chi connectivity index (χ0v) is 15.9. The maximum absolute atomic E-state index is 12.8. The van der Waals surface area contributed by atoms with Crippen LogP contribution in [0.25, 0.3) is 0 Å². The smallest absolute Gasteiger partial charge is 0.164 e. The molecule has 138 valence electrons. The van der Waals surface area contributed by atoms with Crippen molar-refractivity contribution in [2.45, 2.75) is 67.2 Å². The molecule has 25 heavy (non-hydrogen) atoms. The number of carbonyl (C=O) groups excluding carboxylic acids is 3. The molecule has 0 aromatic carbocycles. The van der Waals surface area contributed by atoms with E-state index in [1.807, 2.05) is 27.7 Å². The molecule has 2 aliphatic carbocycles. The highest BCUT2D eigenvalue weighted by atomic mass is 16.3. The van der Waals surface area contributed by atoms with Gasteiger partial charge in [-0.25, -0.2) is 0 Å². The molecule has 2 aliphatic rings. The average Bonchev–Trinajstić information content (AvgIpc) is 2.32. The molecule has 0 aromatic rings. The minimum Gasteiger partial charge on any atom is -0.512 e. The van der Waals surface area contributed by atoms with Crippen molar-refractivity contribution in [3.8, 4) is 0 Å². The predicted molar refractivity (Wildman–Crippen MR) is 94.1 cm³/mol. The average molecular weight is 348 g/mol. The predicted octanol–water partition coefficient (Wildman–Crippen LogP) is 3.98. The van der Waals surface area contributed by atoms with Crippen LogP contribution < -0.4 is 0 Å². The lowest BCUT2D eigenvalue weighted by Gasteiger charge is -2.40. The summed E-state index contributed by atoms with van der Waals surface area (Å²) in [6, 6.07) is 0. The largest absolute Gasteiger partial charge is 0.512 e. The van der Waals surface area contributed by atoms with E-state index in [0.29, 0.717) is 0 Å². The number of hydrogen-bond donors (Lipinski definition) is 2. The lowest BCUT2D eigenvalue weighted by atomic mass is 9.60. The first-order valence-electron chi connectivity index (χ1n) is 8.64. The quantitative estimate of drug-likeness (QED) is 0.805. The molecular formula is C20H28O5. The van der Waals surface area contributed by atoms with Crippen LogP contribution in [-0.2, 0) is 14.4 Å². The van der Waals surface area contributed by atoms with Crippen molar-refractivity contribution in [2.75, 3.05) is 0 Å². The standard InChI is InChI=1S/C20H28O5/c1-11(21)20(6,16-12(22)7-18(2,3)8-13(16)23)17-14(24)9-19(4,5)10-15(17)25/h22,24H,7-10H2,1-6H3. The molecule has 0 saturated heterocycles. The maximum atomic E-state index is 12.8. The van der Waals surface area contributed by atoms with Crippen LogP contribution in [0.3, 0.4) is 0 Å². The molecule has 0 spiro atoms. The van der Waals surface area contributed by atoms with Crippen LogP contribution in [0.5, 0.6) is 0 Å². The van der Waals surface area contributed by atoms with Gasteiger partial charge in [-0.15, -0.1) is 0 Å². The van der Waals surface area contributed by atoms with Gasteiger partial charge in [-0.2, -0.15) is 0 Å². The van der Waals surface area contributed by atoms with Crippen LogP contribution in [0.1, 0.15) is 67.2 Å². The molecule has 5 nitrogen and oxygen atoms in total. The summed E-state index contributed by atoms with van der Waals surface area (Å²) < 4.78 is 0. The van der Waals surface area contributed by atoms with Crippen molar-refractivity contribution >= 4 is 17.3 Å². The number of allylic oxidation sites excluding steroid dienone is 4. The van der Waals surface area contributed by atoms with E-state index in [9.17, 15) is 24.6 Å². The van der Waals surface area contributed by atoms with Gasteiger partial charge >= 0.3 is 0 Å². The van der Waals surface area contributed by atoms with Gasteiger partial charge in [0.1, 0.15) is 17.3 Å². The molecule has 0 radical (unpaired) electrons. The number of aliphatic hydroxyl groups is 2. The fraction of sp³-hybridized carbons (Fsp3) is 0.650. The summed E-state index contributed by atoms with van der Waals surface area (Å²) in [6.07, 6.45) is 0.876. The van der Waals surface area contributed by atoms with E-state index < -0.39 is 22.0 Å². The third-order valence-electron chi connectivity index (χ3n) is 5.41. The van der Waals surface area contributed by atoms with Gasteiger partial charge in [0, 0.05) is 25.7 Å². The van der Waals surface area contributed by atoms with E-state index in [1.165, 1.54) is 13.8 Å². The Bertz CT molecular complexity index is 666. The minimum atomic E-state index is -1.62.